The van der Waals surface area contributed by atoms with E-state index < -0.39 is 11.6 Å². The lowest BCUT2D eigenvalue weighted by molar-refractivity contribution is -0.118. The molecule has 21 heavy (non-hydrogen) atoms. The van der Waals surface area contributed by atoms with Gasteiger partial charge in [-0.1, -0.05) is 15.9 Å². The van der Waals surface area contributed by atoms with Crippen LogP contribution >= 0.6 is 15.9 Å². The van der Waals surface area contributed by atoms with E-state index in [0.29, 0.717) is 15.9 Å². The van der Waals surface area contributed by atoms with E-state index in [1.807, 2.05) is 0 Å². The third-order valence-electron chi connectivity index (χ3n) is 3.05. The van der Waals surface area contributed by atoms with Crippen LogP contribution in [0.3, 0.4) is 0 Å². The van der Waals surface area contributed by atoms with Gasteiger partial charge in [0.25, 0.3) is 5.91 Å². The van der Waals surface area contributed by atoms with E-state index >= 15 is 0 Å². The minimum atomic E-state index is -0.604. The molecule has 1 N–H and O–H groups in total. The predicted molar refractivity (Wildman–Crippen MR) is 78.1 cm³/mol. The fraction of sp³-hybridized carbons (Fsp3) is 0.0667. The van der Waals surface area contributed by atoms with Crippen LogP contribution in [-0.2, 0) is 4.79 Å². The monoisotopic (exact) mass is 349 g/mol. The molecular weight excluding hydrogens is 341 g/mol. The zero-order valence-corrected chi connectivity index (χ0v) is 12.2. The Morgan fingerprint density at radius 1 is 1.24 bits per heavy atom. The second-order valence-corrected chi connectivity index (χ2v) is 5.42. The number of ketones is 1. The van der Waals surface area contributed by atoms with Gasteiger partial charge >= 0.3 is 0 Å². The van der Waals surface area contributed by atoms with Gasteiger partial charge in [0, 0.05) is 10.0 Å². The number of ether oxygens (including phenoxy) is 1. The average molecular weight is 350 g/mol. The molecule has 0 bridgehead atoms. The summed E-state index contributed by atoms with van der Waals surface area (Å²) in [7, 11) is 0. The largest absolute Gasteiger partial charge is 0.482 e. The van der Waals surface area contributed by atoms with Crippen LogP contribution in [0.25, 0.3) is 0 Å². The van der Waals surface area contributed by atoms with Gasteiger partial charge in [-0.2, -0.15) is 0 Å². The standard InChI is InChI=1S/C15H9BrFNO3/c16-9-2-3-10(11(17)6-9)15(20)8-1-4-13-12(5-8)18-14(19)7-21-13/h1-6H,7H2,(H,18,19). The fourth-order valence-electron chi connectivity index (χ4n) is 2.05. The van der Waals surface area contributed by atoms with Gasteiger partial charge < -0.3 is 10.1 Å². The molecule has 0 saturated carbocycles. The molecule has 6 heteroatoms. The molecular formula is C15H9BrFNO3. The van der Waals surface area contributed by atoms with Crippen LogP contribution in [0.15, 0.2) is 40.9 Å². The van der Waals surface area contributed by atoms with Gasteiger partial charge in [0.1, 0.15) is 11.6 Å². The number of nitrogens with one attached hydrogen (secondary N) is 1. The zero-order valence-electron chi connectivity index (χ0n) is 10.7. The van der Waals surface area contributed by atoms with E-state index in [9.17, 15) is 14.0 Å². The Morgan fingerprint density at radius 2 is 2.05 bits per heavy atom. The molecule has 1 amide bonds. The summed E-state index contributed by atoms with van der Waals surface area (Å²) in [4.78, 5) is 23.6. The smallest absolute Gasteiger partial charge is 0.262 e. The van der Waals surface area contributed by atoms with Gasteiger partial charge in [-0.05, 0) is 36.4 Å². The van der Waals surface area contributed by atoms with Gasteiger partial charge in [-0.3, -0.25) is 9.59 Å². The highest BCUT2D eigenvalue weighted by Crippen LogP contribution is 2.29. The highest BCUT2D eigenvalue weighted by Gasteiger charge is 2.20. The Morgan fingerprint density at radius 3 is 2.81 bits per heavy atom. The van der Waals surface area contributed by atoms with Crippen molar-refractivity contribution in [3.05, 3.63) is 57.8 Å². The van der Waals surface area contributed by atoms with Crippen LogP contribution in [0.5, 0.6) is 5.75 Å². The van der Waals surface area contributed by atoms with E-state index in [1.165, 1.54) is 18.2 Å². The number of amides is 1. The van der Waals surface area contributed by atoms with Crippen molar-refractivity contribution in [3.63, 3.8) is 0 Å². The topological polar surface area (TPSA) is 55.4 Å². The molecule has 2 aromatic rings. The molecule has 0 saturated heterocycles. The summed E-state index contributed by atoms with van der Waals surface area (Å²) >= 11 is 3.14. The Hall–Kier alpha value is -2.21. The van der Waals surface area contributed by atoms with Crippen LogP contribution in [0, 0.1) is 5.82 Å². The molecule has 4 nitrogen and oxygen atoms in total. The van der Waals surface area contributed by atoms with Gasteiger partial charge in [0.15, 0.2) is 12.4 Å². The fourth-order valence-corrected chi connectivity index (χ4v) is 2.39. The Balaban J connectivity index is 1.98. The number of fused-ring (bicyclic) bond motifs is 1. The van der Waals surface area contributed by atoms with Crippen molar-refractivity contribution in [2.24, 2.45) is 0 Å². The van der Waals surface area contributed by atoms with Gasteiger partial charge in [-0.25, -0.2) is 4.39 Å². The van der Waals surface area contributed by atoms with Crippen molar-refractivity contribution in [2.75, 3.05) is 11.9 Å². The first-order valence-electron chi connectivity index (χ1n) is 6.11. The molecule has 0 radical (unpaired) electrons. The Bertz CT molecular complexity index is 761. The molecule has 0 atom stereocenters. The number of hydrogen-bond donors (Lipinski definition) is 1. The lowest BCUT2D eigenvalue weighted by Crippen LogP contribution is -2.25. The third kappa shape index (κ3) is 2.67. The quantitative estimate of drug-likeness (QED) is 0.847. The van der Waals surface area contributed by atoms with Crippen molar-refractivity contribution >= 4 is 33.3 Å². The van der Waals surface area contributed by atoms with E-state index in [1.54, 1.807) is 18.2 Å². The van der Waals surface area contributed by atoms with E-state index in [-0.39, 0.29) is 23.6 Å². The molecule has 2 aromatic carbocycles. The van der Waals surface area contributed by atoms with Gasteiger partial charge in [0.2, 0.25) is 0 Å². The van der Waals surface area contributed by atoms with Crippen molar-refractivity contribution in [1.82, 2.24) is 0 Å². The van der Waals surface area contributed by atoms with Gasteiger partial charge in [-0.15, -0.1) is 0 Å². The molecule has 1 aliphatic heterocycles. The summed E-state index contributed by atoms with van der Waals surface area (Å²) in [6.45, 7) is -0.0539. The lowest BCUT2D eigenvalue weighted by atomic mass is 10.0. The number of halogens is 2. The summed E-state index contributed by atoms with van der Waals surface area (Å²) in [5.41, 5.74) is 0.664. The second kappa shape index (κ2) is 5.29. The number of carbonyl (C=O) groups is 2. The number of anilines is 1. The first-order chi connectivity index (χ1) is 10.0. The zero-order chi connectivity index (χ0) is 15.0. The second-order valence-electron chi connectivity index (χ2n) is 4.50. The minimum Gasteiger partial charge on any atom is -0.482 e. The predicted octanol–water partition coefficient (Wildman–Crippen LogP) is 3.15. The van der Waals surface area contributed by atoms with Crippen molar-refractivity contribution in [2.45, 2.75) is 0 Å². The maximum atomic E-state index is 13.8. The summed E-state index contributed by atoms with van der Waals surface area (Å²) < 4.78 is 19.6. The molecule has 0 aromatic heterocycles. The van der Waals surface area contributed by atoms with E-state index in [2.05, 4.69) is 21.2 Å². The highest BCUT2D eigenvalue weighted by atomic mass is 79.9. The van der Waals surface area contributed by atoms with Crippen molar-refractivity contribution < 1.29 is 18.7 Å². The van der Waals surface area contributed by atoms with E-state index in [4.69, 9.17) is 4.74 Å². The van der Waals surface area contributed by atoms with Gasteiger partial charge in [0.05, 0.1) is 11.3 Å². The molecule has 3 rings (SSSR count). The summed E-state index contributed by atoms with van der Waals surface area (Å²) in [5, 5.41) is 2.61. The molecule has 106 valence electrons. The summed E-state index contributed by atoms with van der Waals surface area (Å²) in [5.74, 6) is -0.862. The number of benzene rings is 2. The lowest BCUT2D eigenvalue weighted by Gasteiger charge is -2.18. The number of hydrogen-bond acceptors (Lipinski definition) is 3. The minimum absolute atomic E-state index is 0.0267. The Kier molecular flexibility index (Phi) is 3.47. The molecule has 0 unspecified atom stereocenters. The van der Waals surface area contributed by atoms with Crippen LogP contribution in [-0.4, -0.2) is 18.3 Å². The number of carbonyl (C=O) groups excluding carboxylic acids is 2. The molecule has 1 aliphatic rings. The average Bonchev–Trinajstić information content (AvgIpc) is 2.46. The van der Waals surface area contributed by atoms with Crippen molar-refractivity contribution in [1.29, 1.82) is 0 Å². The maximum absolute atomic E-state index is 13.8. The third-order valence-corrected chi connectivity index (χ3v) is 3.54. The van der Waals surface area contributed by atoms with Crippen LogP contribution in [0.4, 0.5) is 10.1 Å². The summed E-state index contributed by atoms with van der Waals surface area (Å²) in [6.07, 6.45) is 0. The van der Waals surface area contributed by atoms with E-state index in [0.717, 1.165) is 0 Å². The van der Waals surface area contributed by atoms with Crippen LogP contribution in [0.2, 0.25) is 0 Å². The van der Waals surface area contributed by atoms with Crippen molar-refractivity contribution in [3.8, 4) is 5.75 Å². The molecule has 1 heterocycles. The first kappa shape index (κ1) is 13.8. The van der Waals surface area contributed by atoms with Crippen LogP contribution < -0.4 is 10.1 Å². The summed E-state index contributed by atoms with van der Waals surface area (Å²) in [6, 6.07) is 8.85. The maximum Gasteiger partial charge on any atom is 0.262 e. The SMILES string of the molecule is O=C1COc2ccc(C(=O)c3ccc(Br)cc3F)cc2N1. The Labute approximate surface area is 128 Å². The number of rotatable bonds is 2. The molecule has 0 aliphatic carbocycles. The first-order valence-corrected chi connectivity index (χ1v) is 6.90. The molecule has 0 spiro atoms. The highest BCUT2D eigenvalue weighted by molar-refractivity contribution is 9.10. The van der Waals surface area contributed by atoms with Crippen LogP contribution in [0.1, 0.15) is 15.9 Å². The molecule has 0 fully saturated rings. The normalized spacial score (nSPS) is 13.1.